The smallest absolute Gasteiger partial charge is 0.153 e. The lowest BCUT2D eigenvalue weighted by molar-refractivity contribution is 0.294. The van der Waals surface area contributed by atoms with Gasteiger partial charge in [-0.15, -0.1) is 0 Å². The molecule has 2 aromatic rings. The van der Waals surface area contributed by atoms with Crippen LogP contribution in [-0.4, -0.2) is 37.9 Å². The first kappa shape index (κ1) is 19.9. The van der Waals surface area contributed by atoms with Crippen molar-refractivity contribution in [3.05, 3.63) is 70.5 Å². The minimum atomic E-state index is -3.13. The minimum Gasteiger partial charge on any atom is -0.294 e. The van der Waals surface area contributed by atoms with Crippen molar-refractivity contribution in [3.8, 4) is 0 Å². The van der Waals surface area contributed by atoms with E-state index < -0.39 is 15.1 Å². The van der Waals surface area contributed by atoms with Gasteiger partial charge < -0.3 is 0 Å². The van der Waals surface area contributed by atoms with Gasteiger partial charge in [0, 0.05) is 11.6 Å². The molecule has 0 bridgehead atoms. The van der Waals surface area contributed by atoms with E-state index in [1.54, 1.807) is 38.1 Å². The summed E-state index contributed by atoms with van der Waals surface area (Å²) in [4.78, 5) is 1.97. The Balaban J connectivity index is 2.31. The Morgan fingerprint density at radius 1 is 1.00 bits per heavy atom. The minimum absolute atomic E-state index is 0.0758. The number of halogens is 2. The Labute approximate surface area is 154 Å². The van der Waals surface area contributed by atoms with Crippen LogP contribution < -0.4 is 0 Å². The molecule has 136 valence electrons. The molecule has 0 aliphatic heterocycles. The number of hydrogen-bond donors (Lipinski definition) is 0. The summed E-state index contributed by atoms with van der Waals surface area (Å²) in [6.07, 6.45) is 0. The van der Waals surface area contributed by atoms with Crippen molar-refractivity contribution >= 4 is 21.4 Å². The average molecular weight is 384 g/mol. The average Bonchev–Trinajstić information content (AvgIpc) is 2.56. The van der Waals surface area contributed by atoms with E-state index in [4.69, 9.17) is 11.6 Å². The largest absolute Gasteiger partial charge is 0.294 e. The Morgan fingerprint density at radius 2 is 1.48 bits per heavy atom. The maximum atomic E-state index is 13.3. The van der Waals surface area contributed by atoms with Crippen LogP contribution in [0.4, 0.5) is 4.39 Å². The predicted molar refractivity (Wildman–Crippen MR) is 101 cm³/mol. The van der Waals surface area contributed by atoms with Crippen molar-refractivity contribution < 1.29 is 12.8 Å². The standard InChI is InChI=1S/C19H23ClFNO2S/c1-14(2)25(23,24)13-12-22(3)19(15-4-8-17(20)9-5-15)16-6-10-18(21)11-7-16/h4-11,14,19H,12-13H2,1-3H3. The molecule has 2 rings (SSSR count). The highest BCUT2D eigenvalue weighted by atomic mass is 35.5. The number of nitrogens with zero attached hydrogens (tertiary/aromatic N) is 1. The quantitative estimate of drug-likeness (QED) is 0.714. The number of hydrogen-bond acceptors (Lipinski definition) is 3. The van der Waals surface area contributed by atoms with Gasteiger partial charge in [-0.1, -0.05) is 35.9 Å². The first-order valence-electron chi connectivity index (χ1n) is 8.13. The van der Waals surface area contributed by atoms with Gasteiger partial charge in [-0.3, -0.25) is 4.90 Å². The molecule has 0 radical (unpaired) electrons. The lowest BCUT2D eigenvalue weighted by Gasteiger charge is -2.29. The van der Waals surface area contributed by atoms with Crippen LogP contribution in [0, 0.1) is 5.82 Å². The SMILES string of the molecule is CC(C)S(=O)(=O)CCN(C)C(c1ccc(F)cc1)c1ccc(Cl)cc1. The van der Waals surface area contributed by atoms with Crippen LogP contribution in [0.15, 0.2) is 48.5 Å². The van der Waals surface area contributed by atoms with Gasteiger partial charge in [0.05, 0.1) is 17.0 Å². The van der Waals surface area contributed by atoms with E-state index in [9.17, 15) is 12.8 Å². The van der Waals surface area contributed by atoms with E-state index in [-0.39, 0.29) is 17.6 Å². The van der Waals surface area contributed by atoms with E-state index in [0.717, 1.165) is 11.1 Å². The molecule has 0 saturated carbocycles. The molecule has 2 aromatic carbocycles. The van der Waals surface area contributed by atoms with Crippen LogP contribution in [0.2, 0.25) is 5.02 Å². The molecule has 6 heteroatoms. The zero-order chi connectivity index (χ0) is 18.6. The van der Waals surface area contributed by atoms with Gasteiger partial charge in [-0.25, -0.2) is 12.8 Å². The monoisotopic (exact) mass is 383 g/mol. The lowest BCUT2D eigenvalue weighted by Crippen LogP contribution is -2.32. The molecule has 0 N–H and O–H groups in total. The van der Waals surface area contributed by atoms with Crippen LogP contribution in [0.1, 0.15) is 31.0 Å². The van der Waals surface area contributed by atoms with E-state index in [2.05, 4.69) is 0 Å². The van der Waals surface area contributed by atoms with Crippen LogP contribution in [0.3, 0.4) is 0 Å². The molecule has 0 aliphatic rings. The molecule has 1 atom stereocenters. The second-order valence-electron chi connectivity index (χ2n) is 6.40. The fourth-order valence-electron chi connectivity index (χ4n) is 2.63. The topological polar surface area (TPSA) is 37.4 Å². The summed E-state index contributed by atoms with van der Waals surface area (Å²) in [6.45, 7) is 3.75. The maximum absolute atomic E-state index is 13.3. The molecule has 0 aromatic heterocycles. The molecule has 0 amide bonds. The molecule has 1 unspecified atom stereocenters. The molecule has 25 heavy (non-hydrogen) atoms. The highest BCUT2D eigenvalue weighted by molar-refractivity contribution is 7.92. The van der Waals surface area contributed by atoms with E-state index >= 15 is 0 Å². The third kappa shape index (κ3) is 5.27. The molecule has 0 saturated heterocycles. The highest BCUT2D eigenvalue weighted by Gasteiger charge is 2.23. The summed E-state index contributed by atoms with van der Waals surface area (Å²) in [5, 5.41) is 0.229. The first-order valence-corrected chi connectivity index (χ1v) is 10.2. The van der Waals surface area contributed by atoms with Crippen molar-refractivity contribution in [1.82, 2.24) is 4.90 Å². The molecular formula is C19H23ClFNO2S. The molecule has 0 fully saturated rings. The van der Waals surface area contributed by atoms with Gasteiger partial charge in [0.15, 0.2) is 9.84 Å². The van der Waals surface area contributed by atoms with Gasteiger partial charge in [0.1, 0.15) is 5.82 Å². The zero-order valence-corrected chi connectivity index (χ0v) is 16.2. The van der Waals surface area contributed by atoms with Gasteiger partial charge in [-0.05, 0) is 56.3 Å². The van der Waals surface area contributed by atoms with Gasteiger partial charge in [-0.2, -0.15) is 0 Å². The Morgan fingerprint density at radius 3 is 1.96 bits per heavy atom. The van der Waals surface area contributed by atoms with Crippen LogP contribution in [-0.2, 0) is 9.84 Å². The van der Waals surface area contributed by atoms with Crippen LogP contribution >= 0.6 is 11.6 Å². The molecule has 0 aliphatic carbocycles. The van der Waals surface area contributed by atoms with Crippen molar-refractivity contribution in [2.45, 2.75) is 25.1 Å². The summed E-state index contributed by atoms with van der Waals surface area (Å²) < 4.78 is 37.5. The molecule has 3 nitrogen and oxygen atoms in total. The summed E-state index contributed by atoms with van der Waals surface area (Å²) >= 11 is 5.98. The Hall–Kier alpha value is -1.43. The predicted octanol–water partition coefficient (Wildman–Crippen LogP) is 4.32. The molecular weight excluding hydrogens is 361 g/mol. The third-order valence-electron chi connectivity index (χ3n) is 4.26. The second kappa shape index (κ2) is 8.30. The normalized spacial score (nSPS) is 13.4. The third-order valence-corrected chi connectivity index (χ3v) is 6.70. The van der Waals surface area contributed by atoms with E-state index in [0.29, 0.717) is 11.6 Å². The van der Waals surface area contributed by atoms with Crippen molar-refractivity contribution in [3.63, 3.8) is 0 Å². The fourth-order valence-corrected chi connectivity index (χ4v) is 3.77. The lowest BCUT2D eigenvalue weighted by atomic mass is 9.97. The Bertz CT molecular complexity index is 744. The number of rotatable bonds is 7. The first-order chi connectivity index (χ1) is 11.7. The van der Waals surface area contributed by atoms with Gasteiger partial charge >= 0.3 is 0 Å². The number of sulfone groups is 1. The van der Waals surface area contributed by atoms with E-state index in [1.807, 2.05) is 24.1 Å². The van der Waals surface area contributed by atoms with Crippen molar-refractivity contribution in [2.24, 2.45) is 0 Å². The second-order valence-corrected chi connectivity index (χ2v) is 9.52. The fraction of sp³-hybridized carbons (Fsp3) is 0.368. The van der Waals surface area contributed by atoms with Crippen molar-refractivity contribution in [1.29, 1.82) is 0 Å². The molecule has 0 heterocycles. The Kier molecular flexibility index (Phi) is 6.60. The van der Waals surface area contributed by atoms with Crippen LogP contribution in [0.5, 0.6) is 0 Å². The summed E-state index contributed by atoms with van der Waals surface area (Å²) in [6, 6.07) is 13.5. The summed E-state index contributed by atoms with van der Waals surface area (Å²) in [5.74, 6) is -0.226. The zero-order valence-electron chi connectivity index (χ0n) is 14.6. The van der Waals surface area contributed by atoms with Gasteiger partial charge in [0.2, 0.25) is 0 Å². The van der Waals surface area contributed by atoms with Crippen LogP contribution in [0.25, 0.3) is 0 Å². The molecule has 0 spiro atoms. The highest BCUT2D eigenvalue weighted by Crippen LogP contribution is 2.29. The van der Waals surface area contributed by atoms with Gasteiger partial charge in [0.25, 0.3) is 0 Å². The summed E-state index contributed by atoms with van der Waals surface area (Å²) in [5.41, 5.74) is 1.87. The maximum Gasteiger partial charge on any atom is 0.153 e. The van der Waals surface area contributed by atoms with E-state index in [1.165, 1.54) is 12.1 Å². The summed E-state index contributed by atoms with van der Waals surface area (Å²) in [7, 11) is -1.25. The number of benzene rings is 2. The van der Waals surface area contributed by atoms with Crippen molar-refractivity contribution in [2.75, 3.05) is 19.3 Å².